The Bertz CT molecular complexity index is 252. The fourth-order valence-electron chi connectivity index (χ4n) is 2.69. The van der Waals surface area contributed by atoms with Crippen molar-refractivity contribution in [2.75, 3.05) is 32.7 Å². The molecule has 0 aromatic carbocycles. The standard InChI is InChI=1S/C15H31N3O/c1-4-8-17-15(19)13(3)18(11-5-2)12-14-6-9-16-10-7-14/h13-14,16H,4-12H2,1-3H3,(H,17,19). The van der Waals surface area contributed by atoms with Crippen molar-refractivity contribution in [1.29, 1.82) is 0 Å². The maximum atomic E-state index is 12.1. The summed E-state index contributed by atoms with van der Waals surface area (Å²) in [6.45, 7) is 11.4. The number of amides is 1. The highest BCUT2D eigenvalue weighted by molar-refractivity contribution is 5.81. The van der Waals surface area contributed by atoms with Crippen LogP contribution in [0.25, 0.3) is 0 Å². The summed E-state index contributed by atoms with van der Waals surface area (Å²) in [7, 11) is 0. The van der Waals surface area contributed by atoms with Gasteiger partial charge in [-0.3, -0.25) is 9.69 Å². The number of hydrogen-bond acceptors (Lipinski definition) is 3. The fourth-order valence-corrected chi connectivity index (χ4v) is 2.69. The van der Waals surface area contributed by atoms with E-state index in [1.807, 2.05) is 6.92 Å². The van der Waals surface area contributed by atoms with Gasteiger partial charge < -0.3 is 10.6 Å². The predicted molar refractivity (Wildman–Crippen MR) is 80.2 cm³/mol. The Kier molecular flexibility index (Phi) is 8.07. The summed E-state index contributed by atoms with van der Waals surface area (Å²) in [6, 6.07) is 0.00128. The number of nitrogens with one attached hydrogen (secondary N) is 2. The minimum Gasteiger partial charge on any atom is -0.355 e. The van der Waals surface area contributed by atoms with Crippen LogP contribution in [-0.2, 0) is 4.79 Å². The first kappa shape index (κ1) is 16.4. The molecule has 1 unspecified atom stereocenters. The van der Waals surface area contributed by atoms with Gasteiger partial charge in [-0.15, -0.1) is 0 Å². The zero-order chi connectivity index (χ0) is 14.1. The first-order valence-corrected chi connectivity index (χ1v) is 7.91. The van der Waals surface area contributed by atoms with Crippen LogP contribution in [0, 0.1) is 5.92 Å². The van der Waals surface area contributed by atoms with E-state index in [-0.39, 0.29) is 11.9 Å². The van der Waals surface area contributed by atoms with Gasteiger partial charge in [-0.25, -0.2) is 0 Å². The molecule has 2 N–H and O–H groups in total. The Hall–Kier alpha value is -0.610. The number of nitrogens with zero attached hydrogens (tertiary/aromatic N) is 1. The van der Waals surface area contributed by atoms with E-state index in [2.05, 4.69) is 29.4 Å². The van der Waals surface area contributed by atoms with Crippen LogP contribution in [0.3, 0.4) is 0 Å². The second-order valence-electron chi connectivity index (χ2n) is 5.66. The zero-order valence-corrected chi connectivity index (χ0v) is 12.9. The Morgan fingerprint density at radius 3 is 2.58 bits per heavy atom. The third-order valence-electron chi connectivity index (χ3n) is 3.94. The van der Waals surface area contributed by atoms with Crippen LogP contribution < -0.4 is 10.6 Å². The van der Waals surface area contributed by atoms with Crippen LogP contribution >= 0.6 is 0 Å². The second-order valence-corrected chi connectivity index (χ2v) is 5.66. The Balaban J connectivity index is 2.46. The van der Waals surface area contributed by atoms with Crippen molar-refractivity contribution in [1.82, 2.24) is 15.5 Å². The lowest BCUT2D eigenvalue weighted by Crippen LogP contribution is -2.48. The van der Waals surface area contributed by atoms with Gasteiger partial charge in [0.1, 0.15) is 0 Å². The Morgan fingerprint density at radius 2 is 2.00 bits per heavy atom. The van der Waals surface area contributed by atoms with E-state index >= 15 is 0 Å². The van der Waals surface area contributed by atoms with Crippen molar-refractivity contribution in [3.8, 4) is 0 Å². The van der Waals surface area contributed by atoms with Crippen molar-refractivity contribution in [2.24, 2.45) is 5.92 Å². The summed E-state index contributed by atoms with van der Waals surface area (Å²) in [5.41, 5.74) is 0. The molecule has 0 spiro atoms. The van der Waals surface area contributed by atoms with E-state index in [1.54, 1.807) is 0 Å². The molecule has 0 aromatic heterocycles. The molecule has 4 nitrogen and oxygen atoms in total. The largest absolute Gasteiger partial charge is 0.355 e. The quantitative estimate of drug-likeness (QED) is 0.704. The first-order chi connectivity index (χ1) is 9.19. The topological polar surface area (TPSA) is 44.4 Å². The summed E-state index contributed by atoms with van der Waals surface area (Å²) < 4.78 is 0. The molecule has 0 aliphatic carbocycles. The molecule has 4 heteroatoms. The minimum atomic E-state index is 0.00128. The molecule has 1 aliphatic heterocycles. The van der Waals surface area contributed by atoms with Crippen LogP contribution in [-0.4, -0.2) is 49.6 Å². The molecular formula is C15H31N3O. The number of piperidine rings is 1. The lowest BCUT2D eigenvalue weighted by Gasteiger charge is -2.33. The van der Waals surface area contributed by atoms with Crippen LogP contribution in [0.1, 0.15) is 46.5 Å². The van der Waals surface area contributed by atoms with Gasteiger partial charge in [-0.2, -0.15) is 0 Å². The maximum absolute atomic E-state index is 12.1. The van der Waals surface area contributed by atoms with E-state index in [0.29, 0.717) is 0 Å². The maximum Gasteiger partial charge on any atom is 0.237 e. The molecule has 0 radical (unpaired) electrons. The number of carbonyl (C=O) groups excluding carboxylic acids is 1. The van der Waals surface area contributed by atoms with E-state index in [0.717, 1.165) is 51.5 Å². The normalized spacial score (nSPS) is 18.5. The molecule has 1 amide bonds. The number of carbonyl (C=O) groups is 1. The number of rotatable bonds is 8. The molecular weight excluding hydrogens is 238 g/mol. The highest BCUT2D eigenvalue weighted by Gasteiger charge is 2.24. The van der Waals surface area contributed by atoms with E-state index in [1.165, 1.54) is 12.8 Å². The summed E-state index contributed by atoms with van der Waals surface area (Å²) in [5.74, 6) is 0.929. The Morgan fingerprint density at radius 1 is 1.32 bits per heavy atom. The smallest absolute Gasteiger partial charge is 0.237 e. The predicted octanol–water partition coefficient (Wildman–Crippen LogP) is 1.61. The molecule has 0 aromatic rings. The molecule has 0 saturated carbocycles. The average molecular weight is 269 g/mol. The average Bonchev–Trinajstić information content (AvgIpc) is 2.44. The second kappa shape index (κ2) is 9.32. The minimum absolute atomic E-state index is 0.00128. The highest BCUT2D eigenvalue weighted by atomic mass is 16.2. The van der Waals surface area contributed by atoms with Gasteiger partial charge in [-0.05, 0) is 58.2 Å². The van der Waals surface area contributed by atoms with Gasteiger partial charge in [0.25, 0.3) is 0 Å². The monoisotopic (exact) mass is 269 g/mol. The van der Waals surface area contributed by atoms with Gasteiger partial charge >= 0.3 is 0 Å². The molecule has 1 saturated heterocycles. The molecule has 1 aliphatic rings. The third kappa shape index (κ3) is 5.91. The first-order valence-electron chi connectivity index (χ1n) is 7.91. The van der Waals surface area contributed by atoms with Gasteiger partial charge in [0.2, 0.25) is 5.91 Å². The van der Waals surface area contributed by atoms with Gasteiger partial charge in [0, 0.05) is 13.1 Å². The summed E-state index contributed by atoms with van der Waals surface area (Å²) in [6.07, 6.45) is 4.59. The summed E-state index contributed by atoms with van der Waals surface area (Å²) in [5, 5.41) is 6.42. The summed E-state index contributed by atoms with van der Waals surface area (Å²) in [4.78, 5) is 14.5. The highest BCUT2D eigenvalue weighted by Crippen LogP contribution is 2.15. The van der Waals surface area contributed by atoms with E-state index in [4.69, 9.17) is 0 Å². The van der Waals surface area contributed by atoms with Crippen LogP contribution in [0.2, 0.25) is 0 Å². The van der Waals surface area contributed by atoms with Crippen molar-refractivity contribution in [3.63, 3.8) is 0 Å². The van der Waals surface area contributed by atoms with Crippen molar-refractivity contribution in [2.45, 2.75) is 52.5 Å². The van der Waals surface area contributed by atoms with Crippen molar-refractivity contribution < 1.29 is 4.79 Å². The lowest BCUT2D eigenvalue weighted by atomic mass is 9.97. The fraction of sp³-hybridized carbons (Fsp3) is 0.933. The van der Waals surface area contributed by atoms with Crippen LogP contribution in [0.5, 0.6) is 0 Å². The zero-order valence-electron chi connectivity index (χ0n) is 12.9. The van der Waals surface area contributed by atoms with Crippen LogP contribution in [0.15, 0.2) is 0 Å². The van der Waals surface area contributed by atoms with E-state index in [9.17, 15) is 4.79 Å². The molecule has 1 heterocycles. The lowest BCUT2D eigenvalue weighted by molar-refractivity contribution is -0.126. The molecule has 1 atom stereocenters. The third-order valence-corrected chi connectivity index (χ3v) is 3.94. The van der Waals surface area contributed by atoms with Crippen LogP contribution in [0.4, 0.5) is 0 Å². The van der Waals surface area contributed by atoms with Gasteiger partial charge in [0.15, 0.2) is 0 Å². The molecule has 1 fully saturated rings. The van der Waals surface area contributed by atoms with Crippen molar-refractivity contribution >= 4 is 5.91 Å². The SMILES string of the molecule is CCCNC(=O)C(C)N(CCC)CC1CCNCC1. The number of hydrogen-bond donors (Lipinski definition) is 2. The van der Waals surface area contributed by atoms with Gasteiger partial charge in [0.05, 0.1) is 6.04 Å². The summed E-state index contributed by atoms with van der Waals surface area (Å²) >= 11 is 0. The van der Waals surface area contributed by atoms with E-state index < -0.39 is 0 Å². The molecule has 112 valence electrons. The molecule has 0 bridgehead atoms. The van der Waals surface area contributed by atoms with Crippen molar-refractivity contribution in [3.05, 3.63) is 0 Å². The molecule has 1 rings (SSSR count). The molecule has 19 heavy (non-hydrogen) atoms. The van der Waals surface area contributed by atoms with Gasteiger partial charge in [-0.1, -0.05) is 13.8 Å². The Labute approximate surface area is 118 Å².